The van der Waals surface area contributed by atoms with Crippen molar-refractivity contribution in [3.63, 3.8) is 0 Å². The average Bonchev–Trinajstić information content (AvgIpc) is 3.07. The number of aromatic nitrogens is 2. The maximum atomic E-state index is 13.0. The van der Waals surface area contributed by atoms with E-state index in [1.165, 1.54) is 16.9 Å². The average molecular weight is 459 g/mol. The summed E-state index contributed by atoms with van der Waals surface area (Å²) < 4.78 is 31.0. The van der Waals surface area contributed by atoms with Crippen LogP contribution in [0.25, 0.3) is 0 Å². The van der Waals surface area contributed by atoms with Gasteiger partial charge in [0.25, 0.3) is 0 Å². The van der Waals surface area contributed by atoms with Gasteiger partial charge in [0.15, 0.2) is 8.29 Å². The van der Waals surface area contributed by atoms with E-state index < -0.39 is 10.0 Å². The van der Waals surface area contributed by atoms with Gasteiger partial charge >= 0.3 is 0 Å². The topological polar surface area (TPSA) is 58.4 Å². The molecule has 1 unspecified atom stereocenters. The van der Waals surface area contributed by atoms with Crippen molar-refractivity contribution < 1.29 is 8.42 Å². The molecule has 1 aliphatic heterocycles. The summed E-state index contributed by atoms with van der Waals surface area (Å²) in [5, 5.41) is 4.49. The lowest BCUT2D eigenvalue weighted by Crippen LogP contribution is -2.48. The van der Waals surface area contributed by atoms with Crippen LogP contribution in [-0.2, 0) is 16.7 Å². The van der Waals surface area contributed by atoms with E-state index in [2.05, 4.69) is 23.8 Å². The predicted molar refractivity (Wildman–Crippen MR) is 118 cm³/mol. The van der Waals surface area contributed by atoms with E-state index in [9.17, 15) is 8.42 Å². The molecule has 1 fully saturated rings. The van der Waals surface area contributed by atoms with Crippen LogP contribution in [0.4, 0.5) is 0 Å². The van der Waals surface area contributed by atoms with Crippen LogP contribution in [0, 0.1) is 3.95 Å². The molecule has 1 aliphatic rings. The standard InChI is InChI=1S/C18H26N4O2S4/c1-4-14(2)15-5-7-16(8-6-15)28(23,24)21-11-9-20(10-12-21)13-22-18(25)27-17(19-22)26-3/h5-8,14H,4,9-13H2,1-3H3. The van der Waals surface area contributed by atoms with Gasteiger partial charge in [-0.3, -0.25) is 4.90 Å². The highest BCUT2D eigenvalue weighted by Gasteiger charge is 2.28. The molecule has 0 aliphatic carbocycles. The fourth-order valence-electron chi connectivity index (χ4n) is 3.11. The first-order valence-electron chi connectivity index (χ1n) is 9.29. The molecule has 0 amide bonds. The minimum atomic E-state index is -3.45. The zero-order valence-corrected chi connectivity index (χ0v) is 19.6. The van der Waals surface area contributed by atoms with Gasteiger partial charge in [0.1, 0.15) is 0 Å². The quantitative estimate of drug-likeness (QED) is 0.464. The highest BCUT2D eigenvalue weighted by atomic mass is 32.2. The number of hydrogen-bond donors (Lipinski definition) is 0. The van der Waals surface area contributed by atoms with Gasteiger partial charge in [-0.2, -0.15) is 9.40 Å². The van der Waals surface area contributed by atoms with E-state index in [0.717, 1.165) is 14.7 Å². The zero-order chi connectivity index (χ0) is 20.3. The molecule has 28 heavy (non-hydrogen) atoms. The van der Waals surface area contributed by atoms with Gasteiger partial charge in [0.2, 0.25) is 10.0 Å². The maximum absolute atomic E-state index is 13.0. The Hall–Kier alpha value is -0.780. The minimum Gasteiger partial charge on any atom is -0.282 e. The van der Waals surface area contributed by atoms with Crippen LogP contribution in [0.15, 0.2) is 33.5 Å². The number of hydrogen-bond acceptors (Lipinski definition) is 7. The van der Waals surface area contributed by atoms with E-state index in [-0.39, 0.29) is 0 Å². The highest BCUT2D eigenvalue weighted by molar-refractivity contribution is 8.00. The van der Waals surface area contributed by atoms with Crippen molar-refractivity contribution in [1.29, 1.82) is 0 Å². The van der Waals surface area contributed by atoms with Crippen molar-refractivity contribution in [2.45, 2.75) is 42.1 Å². The minimum absolute atomic E-state index is 0.374. The van der Waals surface area contributed by atoms with E-state index in [1.54, 1.807) is 28.2 Å². The monoisotopic (exact) mass is 458 g/mol. The first-order valence-corrected chi connectivity index (χ1v) is 13.2. The summed E-state index contributed by atoms with van der Waals surface area (Å²) in [5.41, 5.74) is 1.18. The van der Waals surface area contributed by atoms with Crippen molar-refractivity contribution in [1.82, 2.24) is 19.0 Å². The Kier molecular flexibility index (Phi) is 7.32. The molecule has 0 radical (unpaired) electrons. The molecule has 2 heterocycles. The third kappa shape index (κ3) is 4.85. The Balaban J connectivity index is 1.63. The number of benzene rings is 1. The lowest BCUT2D eigenvalue weighted by atomic mass is 9.99. The van der Waals surface area contributed by atoms with Crippen LogP contribution in [-0.4, -0.2) is 59.8 Å². The summed E-state index contributed by atoms with van der Waals surface area (Å²) in [6.45, 7) is 7.17. The lowest BCUT2D eigenvalue weighted by Gasteiger charge is -2.33. The second-order valence-electron chi connectivity index (χ2n) is 6.88. The van der Waals surface area contributed by atoms with Crippen LogP contribution in [0.5, 0.6) is 0 Å². The van der Waals surface area contributed by atoms with E-state index in [0.29, 0.717) is 43.7 Å². The molecule has 2 aromatic rings. The number of thioether (sulfide) groups is 1. The molecular weight excluding hydrogens is 432 g/mol. The van der Waals surface area contributed by atoms with Crippen LogP contribution in [0.2, 0.25) is 0 Å². The van der Waals surface area contributed by atoms with Crippen LogP contribution >= 0.6 is 35.3 Å². The van der Waals surface area contributed by atoms with E-state index in [4.69, 9.17) is 12.2 Å². The highest BCUT2D eigenvalue weighted by Crippen LogP contribution is 2.23. The Morgan fingerprint density at radius 1 is 1.21 bits per heavy atom. The molecule has 1 aromatic heterocycles. The van der Waals surface area contributed by atoms with Crippen molar-refractivity contribution in [2.75, 3.05) is 32.4 Å². The second-order valence-corrected chi connectivity index (χ2v) is 11.5. The van der Waals surface area contributed by atoms with E-state index >= 15 is 0 Å². The first kappa shape index (κ1) is 21.9. The summed E-state index contributed by atoms with van der Waals surface area (Å²) in [6, 6.07) is 7.35. The largest absolute Gasteiger partial charge is 0.282 e. The van der Waals surface area contributed by atoms with Crippen LogP contribution in [0.1, 0.15) is 31.7 Å². The Morgan fingerprint density at radius 3 is 2.39 bits per heavy atom. The SMILES string of the molecule is CCC(C)c1ccc(S(=O)(=O)N2CCN(Cn3nc(SC)sc3=S)CC2)cc1. The molecule has 0 saturated carbocycles. The number of piperazine rings is 1. The maximum Gasteiger partial charge on any atom is 0.243 e. The third-order valence-electron chi connectivity index (χ3n) is 5.13. The van der Waals surface area contributed by atoms with Crippen molar-refractivity contribution in [3.05, 3.63) is 33.8 Å². The Morgan fingerprint density at radius 2 is 1.86 bits per heavy atom. The van der Waals surface area contributed by atoms with Gasteiger partial charge in [0, 0.05) is 26.2 Å². The third-order valence-corrected chi connectivity index (χ3v) is 9.32. The summed E-state index contributed by atoms with van der Waals surface area (Å²) >= 11 is 8.46. The molecule has 6 nitrogen and oxygen atoms in total. The summed E-state index contributed by atoms with van der Waals surface area (Å²) in [7, 11) is -3.45. The van der Waals surface area contributed by atoms with Gasteiger partial charge in [0.05, 0.1) is 11.6 Å². The molecule has 1 saturated heterocycles. The number of rotatable bonds is 7. The number of nitrogens with zero attached hydrogens (tertiary/aromatic N) is 4. The molecule has 3 rings (SSSR count). The summed E-state index contributed by atoms with van der Waals surface area (Å²) in [4.78, 5) is 2.57. The molecule has 154 valence electrons. The molecular formula is C18H26N4O2S4. The molecule has 0 N–H and O–H groups in total. The van der Waals surface area contributed by atoms with Gasteiger partial charge < -0.3 is 0 Å². The zero-order valence-electron chi connectivity index (χ0n) is 16.4. The molecule has 0 spiro atoms. The summed E-state index contributed by atoms with van der Waals surface area (Å²) in [5.74, 6) is 0.435. The second kappa shape index (κ2) is 9.36. The van der Waals surface area contributed by atoms with E-state index in [1.807, 2.05) is 23.1 Å². The van der Waals surface area contributed by atoms with Gasteiger partial charge in [-0.05, 0) is 48.5 Å². The van der Waals surface area contributed by atoms with Crippen LogP contribution < -0.4 is 0 Å². The summed E-state index contributed by atoms with van der Waals surface area (Å²) in [6.07, 6.45) is 3.02. The van der Waals surface area contributed by atoms with Crippen molar-refractivity contribution >= 4 is 45.3 Å². The smallest absolute Gasteiger partial charge is 0.243 e. The predicted octanol–water partition coefficient (Wildman–Crippen LogP) is 3.87. The normalized spacial score (nSPS) is 17.7. The molecule has 1 atom stereocenters. The number of sulfonamides is 1. The molecule has 1 aromatic carbocycles. The fraction of sp³-hybridized carbons (Fsp3) is 0.556. The molecule has 10 heteroatoms. The van der Waals surface area contributed by atoms with Gasteiger partial charge in [-0.1, -0.05) is 49.1 Å². The Bertz CT molecular complexity index is 945. The van der Waals surface area contributed by atoms with Crippen LogP contribution in [0.3, 0.4) is 0 Å². The first-order chi connectivity index (χ1) is 13.3. The van der Waals surface area contributed by atoms with Gasteiger partial charge in [-0.15, -0.1) is 0 Å². The lowest BCUT2D eigenvalue weighted by molar-refractivity contribution is 0.144. The fourth-order valence-corrected chi connectivity index (χ4v) is 6.27. The van der Waals surface area contributed by atoms with Crippen molar-refractivity contribution in [3.8, 4) is 0 Å². The van der Waals surface area contributed by atoms with Crippen molar-refractivity contribution in [2.24, 2.45) is 0 Å². The molecule has 0 bridgehead atoms. The van der Waals surface area contributed by atoms with Gasteiger partial charge in [-0.25, -0.2) is 13.1 Å². The Labute approximate surface area is 180 Å².